The summed E-state index contributed by atoms with van der Waals surface area (Å²) in [5.41, 5.74) is 2.03. The zero-order valence-electron chi connectivity index (χ0n) is 14.4. The third kappa shape index (κ3) is 4.96. The van der Waals surface area contributed by atoms with Gasteiger partial charge in [-0.15, -0.1) is 0 Å². The maximum atomic E-state index is 12.7. The average molecular weight is 381 g/mol. The Kier molecular flexibility index (Phi) is 6.08. The van der Waals surface area contributed by atoms with Gasteiger partial charge in [0.05, 0.1) is 11.9 Å². The highest BCUT2D eigenvalue weighted by Crippen LogP contribution is 2.24. The van der Waals surface area contributed by atoms with Gasteiger partial charge in [0.1, 0.15) is 6.04 Å². The Hall–Kier alpha value is -2.05. The molecule has 2 rings (SSSR count). The summed E-state index contributed by atoms with van der Waals surface area (Å²) >= 11 is 5.84. The van der Waals surface area contributed by atoms with Gasteiger partial charge in [-0.3, -0.25) is 9.10 Å². The Morgan fingerprint density at radius 1 is 1.12 bits per heavy atom. The minimum absolute atomic E-state index is 0.334. The minimum atomic E-state index is -3.63. The van der Waals surface area contributed by atoms with Crippen LogP contribution in [0.3, 0.4) is 0 Å². The lowest BCUT2D eigenvalue weighted by Gasteiger charge is -2.30. The van der Waals surface area contributed by atoms with E-state index in [4.69, 9.17) is 11.6 Å². The van der Waals surface area contributed by atoms with Crippen molar-refractivity contribution in [1.29, 1.82) is 0 Å². The molecule has 0 aromatic heterocycles. The summed E-state index contributed by atoms with van der Waals surface area (Å²) < 4.78 is 25.9. The molecule has 7 heteroatoms. The largest absolute Gasteiger partial charge is 0.324 e. The van der Waals surface area contributed by atoms with E-state index in [0.29, 0.717) is 22.8 Å². The number of amides is 1. The fraction of sp³-hybridized carbons (Fsp3) is 0.278. The maximum Gasteiger partial charge on any atom is 0.248 e. The Morgan fingerprint density at radius 2 is 1.68 bits per heavy atom. The number of hydrogen-bond donors (Lipinski definition) is 1. The summed E-state index contributed by atoms with van der Waals surface area (Å²) in [5.74, 6) is -0.393. The SMILES string of the molecule is CCC(C(=O)Nc1ccc(Cl)cc1)N(c1ccc(C)cc1)S(C)(=O)=O. The van der Waals surface area contributed by atoms with Crippen molar-refractivity contribution in [2.45, 2.75) is 26.3 Å². The van der Waals surface area contributed by atoms with E-state index in [2.05, 4.69) is 5.32 Å². The molecule has 0 heterocycles. The molecule has 0 bridgehead atoms. The Balaban J connectivity index is 2.34. The first-order chi connectivity index (χ1) is 11.7. The van der Waals surface area contributed by atoms with Crippen molar-refractivity contribution in [1.82, 2.24) is 0 Å². The number of carbonyl (C=O) groups is 1. The van der Waals surface area contributed by atoms with E-state index in [1.165, 1.54) is 0 Å². The van der Waals surface area contributed by atoms with E-state index in [-0.39, 0.29) is 0 Å². The zero-order valence-corrected chi connectivity index (χ0v) is 15.9. The van der Waals surface area contributed by atoms with Crippen LogP contribution >= 0.6 is 11.6 Å². The van der Waals surface area contributed by atoms with E-state index in [1.54, 1.807) is 43.3 Å². The van der Waals surface area contributed by atoms with Crippen LogP contribution in [-0.4, -0.2) is 26.6 Å². The summed E-state index contributed by atoms with van der Waals surface area (Å²) in [4.78, 5) is 12.7. The van der Waals surface area contributed by atoms with Crippen LogP contribution in [0, 0.1) is 6.92 Å². The lowest BCUT2D eigenvalue weighted by molar-refractivity contribution is -0.117. The smallest absolute Gasteiger partial charge is 0.248 e. The molecule has 0 radical (unpaired) electrons. The van der Waals surface area contributed by atoms with Gasteiger partial charge >= 0.3 is 0 Å². The molecule has 0 fully saturated rings. The van der Waals surface area contributed by atoms with Gasteiger partial charge in [0, 0.05) is 10.7 Å². The standard InChI is InChI=1S/C18H21ClN2O3S/c1-4-17(18(22)20-15-9-7-14(19)8-10-15)21(25(3,23)24)16-11-5-13(2)6-12-16/h5-12,17H,4H2,1-3H3,(H,20,22). The molecule has 2 aromatic rings. The van der Waals surface area contributed by atoms with Gasteiger partial charge < -0.3 is 5.32 Å². The van der Waals surface area contributed by atoms with Gasteiger partial charge in [0.2, 0.25) is 15.9 Å². The van der Waals surface area contributed by atoms with E-state index in [0.717, 1.165) is 16.1 Å². The van der Waals surface area contributed by atoms with E-state index >= 15 is 0 Å². The number of nitrogens with zero attached hydrogens (tertiary/aromatic N) is 1. The molecule has 1 amide bonds. The molecule has 1 atom stereocenters. The summed E-state index contributed by atoms with van der Waals surface area (Å²) in [6.45, 7) is 3.69. The number of nitrogens with one attached hydrogen (secondary N) is 1. The fourth-order valence-electron chi connectivity index (χ4n) is 2.51. The first kappa shape index (κ1) is 19.3. The highest BCUT2D eigenvalue weighted by molar-refractivity contribution is 7.92. The van der Waals surface area contributed by atoms with Crippen LogP contribution in [0.15, 0.2) is 48.5 Å². The number of sulfonamides is 1. The monoisotopic (exact) mass is 380 g/mol. The summed E-state index contributed by atoms with van der Waals surface area (Å²) in [5, 5.41) is 3.31. The van der Waals surface area contributed by atoms with Crippen LogP contribution in [0.25, 0.3) is 0 Å². The molecule has 25 heavy (non-hydrogen) atoms. The van der Waals surface area contributed by atoms with Gasteiger partial charge in [-0.25, -0.2) is 8.42 Å². The van der Waals surface area contributed by atoms with Gasteiger partial charge in [0.15, 0.2) is 0 Å². The molecule has 0 saturated heterocycles. The Morgan fingerprint density at radius 3 is 2.16 bits per heavy atom. The van der Waals surface area contributed by atoms with Crippen LogP contribution in [0.4, 0.5) is 11.4 Å². The topological polar surface area (TPSA) is 66.5 Å². The van der Waals surface area contributed by atoms with Crippen molar-refractivity contribution in [3.8, 4) is 0 Å². The predicted octanol–water partition coefficient (Wildman–Crippen LogP) is 3.83. The van der Waals surface area contributed by atoms with Crippen molar-refractivity contribution in [2.75, 3.05) is 15.9 Å². The number of benzene rings is 2. The second-order valence-electron chi connectivity index (χ2n) is 5.81. The second-order valence-corrected chi connectivity index (χ2v) is 8.11. The highest BCUT2D eigenvalue weighted by Gasteiger charge is 2.31. The molecule has 0 aliphatic carbocycles. The number of rotatable bonds is 6. The van der Waals surface area contributed by atoms with Gasteiger partial charge in [-0.2, -0.15) is 0 Å². The van der Waals surface area contributed by atoms with Gasteiger partial charge in [-0.05, 0) is 49.7 Å². The number of carbonyl (C=O) groups excluding carboxylic acids is 1. The highest BCUT2D eigenvalue weighted by atomic mass is 35.5. The quantitative estimate of drug-likeness (QED) is 0.828. The third-order valence-electron chi connectivity index (χ3n) is 3.73. The summed E-state index contributed by atoms with van der Waals surface area (Å²) in [7, 11) is -3.63. The molecule has 1 unspecified atom stereocenters. The first-order valence-electron chi connectivity index (χ1n) is 7.85. The van der Waals surface area contributed by atoms with Gasteiger partial charge in [-0.1, -0.05) is 36.2 Å². The van der Waals surface area contributed by atoms with Crippen LogP contribution in [0.1, 0.15) is 18.9 Å². The van der Waals surface area contributed by atoms with Gasteiger partial charge in [0.25, 0.3) is 0 Å². The first-order valence-corrected chi connectivity index (χ1v) is 10.1. The van der Waals surface area contributed by atoms with Crippen LogP contribution in [0.5, 0.6) is 0 Å². The lowest BCUT2D eigenvalue weighted by Crippen LogP contribution is -2.47. The van der Waals surface area contributed by atoms with E-state index < -0.39 is 22.0 Å². The molecule has 134 valence electrons. The number of hydrogen-bond acceptors (Lipinski definition) is 3. The lowest BCUT2D eigenvalue weighted by atomic mass is 10.1. The van der Waals surface area contributed by atoms with Crippen molar-refractivity contribution < 1.29 is 13.2 Å². The summed E-state index contributed by atoms with van der Waals surface area (Å²) in [6.07, 6.45) is 1.44. The summed E-state index contributed by atoms with van der Waals surface area (Å²) in [6, 6.07) is 12.8. The number of halogens is 1. The Bertz CT molecular complexity index is 834. The van der Waals surface area contributed by atoms with E-state index in [9.17, 15) is 13.2 Å². The maximum absolute atomic E-state index is 12.7. The molecule has 0 spiro atoms. The average Bonchev–Trinajstić information content (AvgIpc) is 2.54. The van der Waals surface area contributed by atoms with Crippen LogP contribution in [-0.2, 0) is 14.8 Å². The second kappa shape index (κ2) is 7.89. The Labute approximate surface area is 153 Å². The number of anilines is 2. The third-order valence-corrected chi connectivity index (χ3v) is 5.16. The van der Waals surface area contributed by atoms with Crippen LogP contribution in [0.2, 0.25) is 5.02 Å². The fourth-order valence-corrected chi connectivity index (χ4v) is 3.85. The number of aryl methyl sites for hydroxylation is 1. The molecule has 1 N–H and O–H groups in total. The minimum Gasteiger partial charge on any atom is -0.324 e. The van der Waals surface area contributed by atoms with Crippen LogP contribution < -0.4 is 9.62 Å². The van der Waals surface area contributed by atoms with E-state index in [1.807, 2.05) is 19.1 Å². The van der Waals surface area contributed by atoms with Crippen molar-refractivity contribution in [3.05, 3.63) is 59.1 Å². The molecule has 0 aliphatic rings. The molecule has 0 saturated carbocycles. The molecule has 5 nitrogen and oxygen atoms in total. The molecular formula is C18H21ClN2O3S. The predicted molar refractivity (Wildman–Crippen MR) is 103 cm³/mol. The molecule has 0 aliphatic heterocycles. The normalized spacial score (nSPS) is 12.5. The van der Waals surface area contributed by atoms with Crippen molar-refractivity contribution >= 4 is 38.9 Å². The zero-order chi connectivity index (χ0) is 18.6. The van der Waals surface area contributed by atoms with Crippen molar-refractivity contribution in [2.24, 2.45) is 0 Å². The van der Waals surface area contributed by atoms with Crippen molar-refractivity contribution in [3.63, 3.8) is 0 Å². The molecular weight excluding hydrogens is 360 g/mol. The molecule has 2 aromatic carbocycles.